The molecule has 106 valence electrons. The van der Waals surface area contributed by atoms with E-state index in [1.807, 2.05) is 12.1 Å². The van der Waals surface area contributed by atoms with Crippen LogP contribution in [0.25, 0.3) is 0 Å². The van der Waals surface area contributed by atoms with Gasteiger partial charge in [-0.05, 0) is 30.9 Å². The maximum absolute atomic E-state index is 11.3. The third kappa shape index (κ3) is 3.23. The molecule has 0 unspecified atom stereocenters. The predicted octanol–water partition coefficient (Wildman–Crippen LogP) is 2.99. The van der Waals surface area contributed by atoms with Crippen LogP contribution in [-0.2, 0) is 9.53 Å². The maximum Gasteiger partial charge on any atom is 0.305 e. The van der Waals surface area contributed by atoms with E-state index in [1.165, 1.54) is 7.11 Å². The third-order valence-corrected chi connectivity index (χ3v) is 4.06. The highest BCUT2D eigenvalue weighted by atomic mass is 35.5. The normalized spacial score (nSPS) is 15.8. The molecule has 0 saturated carbocycles. The molecule has 1 aromatic rings. The number of benzene rings is 1. The Kier molecular flexibility index (Phi) is 4.86. The van der Waals surface area contributed by atoms with E-state index < -0.39 is 0 Å². The van der Waals surface area contributed by atoms with E-state index in [0.717, 1.165) is 31.6 Å². The standard InChI is InChI=1S/C15H17ClN2O2/c1-20-15(19)9-11-5-7-18(8-6-11)14-4-2-3-13(16)12(14)10-17/h2-4,11H,5-9H2,1H3. The summed E-state index contributed by atoms with van der Waals surface area (Å²) in [5.41, 5.74) is 1.41. The molecule has 2 rings (SSSR count). The zero-order chi connectivity index (χ0) is 14.5. The van der Waals surface area contributed by atoms with Crippen molar-refractivity contribution < 1.29 is 9.53 Å². The number of rotatable bonds is 3. The molecule has 1 aromatic carbocycles. The lowest BCUT2D eigenvalue weighted by Crippen LogP contribution is -2.34. The monoisotopic (exact) mass is 292 g/mol. The van der Waals surface area contributed by atoms with Crippen molar-refractivity contribution in [2.24, 2.45) is 5.92 Å². The number of anilines is 1. The van der Waals surface area contributed by atoms with Crippen molar-refractivity contribution in [1.82, 2.24) is 0 Å². The largest absolute Gasteiger partial charge is 0.469 e. The molecule has 0 amide bonds. The fourth-order valence-electron chi connectivity index (χ4n) is 2.58. The first kappa shape index (κ1) is 14.7. The first-order valence-electron chi connectivity index (χ1n) is 6.66. The zero-order valence-corrected chi connectivity index (χ0v) is 12.2. The molecule has 1 aliphatic rings. The molecule has 0 radical (unpaired) electrons. The Morgan fingerprint density at radius 1 is 1.50 bits per heavy atom. The fraction of sp³-hybridized carbons (Fsp3) is 0.467. The number of hydrogen-bond donors (Lipinski definition) is 0. The minimum atomic E-state index is -0.149. The Hall–Kier alpha value is -1.73. The predicted molar refractivity (Wildman–Crippen MR) is 77.7 cm³/mol. The lowest BCUT2D eigenvalue weighted by Gasteiger charge is -2.33. The fourth-order valence-corrected chi connectivity index (χ4v) is 2.80. The Balaban J connectivity index is 2.03. The zero-order valence-electron chi connectivity index (χ0n) is 11.4. The highest BCUT2D eigenvalue weighted by Crippen LogP contribution is 2.30. The van der Waals surface area contributed by atoms with Crippen LogP contribution in [0.4, 0.5) is 5.69 Å². The highest BCUT2D eigenvalue weighted by Gasteiger charge is 2.23. The summed E-state index contributed by atoms with van der Waals surface area (Å²) in [6, 6.07) is 7.68. The Labute approximate surface area is 123 Å². The number of nitriles is 1. The Bertz CT molecular complexity index is 531. The van der Waals surface area contributed by atoms with Gasteiger partial charge < -0.3 is 9.64 Å². The highest BCUT2D eigenvalue weighted by molar-refractivity contribution is 6.32. The number of piperidine rings is 1. The third-order valence-electron chi connectivity index (χ3n) is 3.74. The van der Waals surface area contributed by atoms with Crippen LogP contribution in [0.2, 0.25) is 5.02 Å². The summed E-state index contributed by atoms with van der Waals surface area (Å²) < 4.78 is 4.70. The average molecular weight is 293 g/mol. The number of hydrogen-bond acceptors (Lipinski definition) is 4. The summed E-state index contributed by atoms with van der Waals surface area (Å²) in [6.07, 6.45) is 2.32. The minimum absolute atomic E-state index is 0.149. The van der Waals surface area contributed by atoms with Crippen LogP contribution < -0.4 is 4.90 Å². The van der Waals surface area contributed by atoms with Gasteiger partial charge in [0.15, 0.2) is 0 Å². The maximum atomic E-state index is 11.3. The second-order valence-corrected chi connectivity index (χ2v) is 5.36. The summed E-state index contributed by atoms with van der Waals surface area (Å²) in [7, 11) is 1.42. The van der Waals surface area contributed by atoms with Crippen molar-refractivity contribution in [2.45, 2.75) is 19.3 Å². The van der Waals surface area contributed by atoms with Gasteiger partial charge in [0.05, 0.1) is 23.4 Å². The average Bonchev–Trinajstić information content (AvgIpc) is 2.47. The molecule has 5 heteroatoms. The Morgan fingerprint density at radius 2 is 2.20 bits per heavy atom. The van der Waals surface area contributed by atoms with Gasteiger partial charge in [-0.3, -0.25) is 4.79 Å². The molecule has 0 aromatic heterocycles. The lowest BCUT2D eigenvalue weighted by atomic mass is 9.93. The second-order valence-electron chi connectivity index (χ2n) is 4.96. The van der Waals surface area contributed by atoms with Crippen LogP contribution in [0.5, 0.6) is 0 Å². The smallest absolute Gasteiger partial charge is 0.305 e. The van der Waals surface area contributed by atoms with Gasteiger partial charge in [0.2, 0.25) is 0 Å². The van der Waals surface area contributed by atoms with Crippen molar-refractivity contribution >= 4 is 23.3 Å². The van der Waals surface area contributed by atoms with Gasteiger partial charge >= 0.3 is 5.97 Å². The summed E-state index contributed by atoms with van der Waals surface area (Å²) in [6.45, 7) is 1.66. The van der Waals surface area contributed by atoms with Gasteiger partial charge in [0.25, 0.3) is 0 Å². The second kappa shape index (κ2) is 6.62. The van der Waals surface area contributed by atoms with E-state index in [-0.39, 0.29) is 5.97 Å². The van der Waals surface area contributed by atoms with Crippen molar-refractivity contribution in [2.75, 3.05) is 25.1 Å². The number of esters is 1. The molecular formula is C15H17ClN2O2. The lowest BCUT2D eigenvalue weighted by molar-refractivity contribution is -0.141. The molecular weight excluding hydrogens is 276 g/mol. The quantitative estimate of drug-likeness (QED) is 0.804. The summed E-state index contributed by atoms with van der Waals surface area (Å²) >= 11 is 6.05. The molecule has 0 bridgehead atoms. The van der Waals surface area contributed by atoms with Crippen LogP contribution in [0, 0.1) is 17.2 Å². The van der Waals surface area contributed by atoms with Gasteiger partial charge in [-0.25, -0.2) is 0 Å². The van der Waals surface area contributed by atoms with Gasteiger partial charge in [-0.2, -0.15) is 5.26 Å². The number of carbonyl (C=O) groups excluding carboxylic acids is 1. The molecule has 1 saturated heterocycles. The molecule has 0 aliphatic carbocycles. The van der Waals surface area contributed by atoms with Crippen LogP contribution in [0.1, 0.15) is 24.8 Å². The first-order valence-corrected chi connectivity index (χ1v) is 7.04. The molecule has 4 nitrogen and oxygen atoms in total. The van der Waals surface area contributed by atoms with Crippen LogP contribution in [-0.4, -0.2) is 26.2 Å². The van der Waals surface area contributed by atoms with Gasteiger partial charge in [-0.1, -0.05) is 17.7 Å². The van der Waals surface area contributed by atoms with Gasteiger partial charge in [0, 0.05) is 19.5 Å². The number of carbonyl (C=O) groups is 1. The van der Waals surface area contributed by atoms with Crippen molar-refractivity contribution in [3.05, 3.63) is 28.8 Å². The number of methoxy groups -OCH3 is 1. The van der Waals surface area contributed by atoms with Crippen molar-refractivity contribution in [3.63, 3.8) is 0 Å². The van der Waals surface area contributed by atoms with E-state index in [2.05, 4.69) is 11.0 Å². The van der Waals surface area contributed by atoms with E-state index >= 15 is 0 Å². The first-order chi connectivity index (χ1) is 9.65. The van der Waals surface area contributed by atoms with E-state index in [0.29, 0.717) is 22.9 Å². The van der Waals surface area contributed by atoms with E-state index in [1.54, 1.807) is 6.07 Å². The van der Waals surface area contributed by atoms with E-state index in [9.17, 15) is 10.1 Å². The van der Waals surface area contributed by atoms with Crippen LogP contribution >= 0.6 is 11.6 Å². The summed E-state index contributed by atoms with van der Waals surface area (Å²) in [4.78, 5) is 13.4. The summed E-state index contributed by atoms with van der Waals surface area (Å²) in [5.74, 6) is 0.215. The molecule has 0 N–H and O–H groups in total. The SMILES string of the molecule is COC(=O)CC1CCN(c2cccc(Cl)c2C#N)CC1. The molecule has 1 fully saturated rings. The number of ether oxygens (including phenoxy) is 1. The number of halogens is 1. The minimum Gasteiger partial charge on any atom is -0.469 e. The van der Waals surface area contributed by atoms with Crippen molar-refractivity contribution in [1.29, 1.82) is 5.26 Å². The van der Waals surface area contributed by atoms with Crippen LogP contribution in [0.3, 0.4) is 0 Å². The van der Waals surface area contributed by atoms with Crippen LogP contribution in [0.15, 0.2) is 18.2 Å². The molecule has 0 spiro atoms. The molecule has 1 aliphatic heterocycles. The molecule has 20 heavy (non-hydrogen) atoms. The van der Waals surface area contributed by atoms with Gasteiger partial charge in [0.1, 0.15) is 6.07 Å². The van der Waals surface area contributed by atoms with Gasteiger partial charge in [-0.15, -0.1) is 0 Å². The molecule has 1 heterocycles. The van der Waals surface area contributed by atoms with E-state index in [4.69, 9.17) is 16.3 Å². The van der Waals surface area contributed by atoms with Crippen molar-refractivity contribution in [3.8, 4) is 6.07 Å². The topological polar surface area (TPSA) is 53.3 Å². The number of nitrogens with zero attached hydrogens (tertiary/aromatic N) is 2. The molecule has 0 atom stereocenters. The summed E-state index contributed by atoms with van der Waals surface area (Å²) in [5, 5.41) is 9.70. The Morgan fingerprint density at radius 3 is 2.80 bits per heavy atom.